The molecule has 0 aromatic heterocycles. The van der Waals surface area contributed by atoms with Crippen LogP contribution in [0.3, 0.4) is 0 Å². The molecule has 0 aliphatic heterocycles. The summed E-state index contributed by atoms with van der Waals surface area (Å²) in [4.78, 5) is 26.7. The second-order valence-electron chi connectivity index (χ2n) is 12.1. The van der Waals surface area contributed by atoms with E-state index in [1.807, 2.05) is 0 Å². The zero-order chi connectivity index (χ0) is 35.9. The van der Waals surface area contributed by atoms with Crippen LogP contribution in [0.2, 0.25) is 0 Å². The van der Waals surface area contributed by atoms with E-state index in [-0.39, 0.29) is 38.2 Å². The van der Waals surface area contributed by atoms with Crippen molar-refractivity contribution in [1.82, 2.24) is 0 Å². The Morgan fingerprint density at radius 3 is 1.57 bits per heavy atom. The van der Waals surface area contributed by atoms with Gasteiger partial charge in [-0.15, -0.1) is 0 Å². The van der Waals surface area contributed by atoms with Crippen molar-refractivity contribution in [3.8, 4) is 33.8 Å². The van der Waals surface area contributed by atoms with Crippen molar-refractivity contribution in [2.45, 2.75) is 37.8 Å². The van der Waals surface area contributed by atoms with E-state index in [0.717, 1.165) is 31.2 Å². The molecular formula is C38H38F2N4O6Pd. The Morgan fingerprint density at radius 2 is 1.16 bits per heavy atom. The van der Waals surface area contributed by atoms with Crippen molar-refractivity contribution in [3.05, 3.63) is 117 Å². The van der Waals surface area contributed by atoms with Gasteiger partial charge in [0.2, 0.25) is 0 Å². The molecule has 4 aromatic rings. The van der Waals surface area contributed by atoms with Gasteiger partial charge in [0.25, 0.3) is 0 Å². The van der Waals surface area contributed by atoms with Crippen LogP contribution >= 0.6 is 0 Å². The second-order valence-corrected chi connectivity index (χ2v) is 12.1. The second kappa shape index (κ2) is 17.4. The van der Waals surface area contributed by atoms with Gasteiger partial charge in [0.05, 0.1) is 45.6 Å². The maximum Gasteiger partial charge on any atom is 0.337 e. The molecular weight excluding hydrogens is 753 g/mol. The molecule has 270 valence electrons. The van der Waals surface area contributed by atoms with E-state index < -0.39 is 23.8 Å². The topological polar surface area (TPSA) is 146 Å². The van der Waals surface area contributed by atoms with Crippen LogP contribution in [-0.4, -0.2) is 40.4 Å². The fourth-order valence-electron chi connectivity index (χ4n) is 5.89. The number of hydrogen-bond acceptors (Lipinski definition) is 8. The molecule has 0 heterocycles. The zero-order valence-corrected chi connectivity index (χ0v) is 30.1. The van der Waals surface area contributed by atoms with Gasteiger partial charge >= 0.3 is 11.9 Å². The number of halogens is 2. The third-order valence-electron chi connectivity index (χ3n) is 8.92. The summed E-state index contributed by atoms with van der Waals surface area (Å²) in [5, 5.41) is 3.92. The van der Waals surface area contributed by atoms with Crippen molar-refractivity contribution in [3.63, 3.8) is 0 Å². The molecule has 2 aliphatic carbocycles. The smallest absolute Gasteiger partial charge is 0.337 e. The first-order chi connectivity index (χ1) is 24.1. The third-order valence-corrected chi connectivity index (χ3v) is 8.92. The number of benzene rings is 4. The van der Waals surface area contributed by atoms with Gasteiger partial charge in [0.15, 0.2) is 0 Å². The first-order valence-electron chi connectivity index (χ1n) is 16.1. The monoisotopic (exact) mass is 790 g/mol. The summed E-state index contributed by atoms with van der Waals surface area (Å²) < 4.78 is 48.9. The van der Waals surface area contributed by atoms with Crippen LogP contribution in [0.5, 0.6) is 11.5 Å². The van der Waals surface area contributed by atoms with Crippen LogP contribution in [0.4, 0.5) is 8.78 Å². The maximum atomic E-state index is 14.5. The Hall–Kier alpha value is -4.79. The maximum absolute atomic E-state index is 14.5. The van der Waals surface area contributed by atoms with Gasteiger partial charge in [0.1, 0.15) is 23.1 Å². The summed E-state index contributed by atoms with van der Waals surface area (Å²) in [6.07, 6.45) is 3.94. The minimum atomic E-state index is -0.501. The number of nitrogens with two attached hydrogens (primary N) is 1. The van der Waals surface area contributed by atoms with Gasteiger partial charge in [-0.05, 0) is 126 Å². The van der Waals surface area contributed by atoms with Crippen molar-refractivity contribution < 1.29 is 57.7 Å². The fourth-order valence-corrected chi connectivity index (χ4v) is 5.89. The molecule has 2 aliphatic rings. The number of rotatable bonds is 11. The molecule has 2 N–H and O–H groups in total. The van der Waals surface area contributed by atoms with Gasteiger partial charge in [-0.2, -0.15) is 0 Å². The Kier molecular flexibility index (Phi) is 13.3. The molecule has 0 bridgehead atoms. The number of esters is 2. The van der Waals surface area contributed by atoms with Gasteiger partial charge in [-0.1, -0.05) is 17.2 Å². The zero-order valence-electron chi connectivity index (χ0n) is 28.5. The average Bonchev–Trinajstić information content (AvgIpc) is 4.08. The minimum absolute atomic E-state index is 0. The Labute approximate surface area is 308 Å². The average molecular weight is 791 g/mol. The van der Waals surface area contributed by atoms with Crippen LogP contribution in [0.1, 0.15) is 69.6 Å². The molecule has 2 saturated carbocycles. The molecule has 4 aromatic carbocycles. The number of carbonyl (C=O) groups excluding carboxylic acids is 2. The molecule has 0 spiro atoms. The van der Waals surface area contributed by atoms with Crippen molar-refractivity contribution in [2.24, 2.45) is 22.7 Å². The molecule has 0 radical (unpaired) electrons. The Bertz CT molecular complexity index is 1950. The largest absolute Gasteiger partial charge is 0.497 e. The summed E-state index contributed by atoms with van der Waals surface area (Å²) in [6, 6.07) is 18.2. The number of hydrogen-bond donors (Lipinski definition) is 1. The fraction of sp³-hybridized carbons (Fsp3) is 0.316. The number of methoxy groups -OCH3 is 4. The van der Waals surface area contributed by atoms with E-state index >= 15 is 0 Å². The van der Waals surface area contributed by atoms with Crippen LogP contribution in [0, 0.1) is 23.5 Å². The van der Waals surface area contributed by atoms with Crippen LogP contribution in [0.25, 0.3) is 32.7 Å². The van der Waals surface area contributed by atoms with Gasteiger partial charge in [-0.3, -0.25) is 0 Å². The molecule has 2 unspecified atom stereocenters. The van der Waals surface area contributed by atoms with Crippen LogP contribution in [-0.2, 0) is 29.9 Å². The number of carbonyl (C=O) groups is 2. The Balaban J connectivity index is 0.000000225. The van der Waals surface area contributed by atoms with Crippen molar-refractivity contribution in [1.29, 1.82) is 0 Å². The first-order valence-corrected chi connectivity index (χ1v) is 16.1. The molecule has 0 amide bonds. The predicted molar refractivity (Wildman–Crippen MR) is 184 cm³/mol. The minimum Gasteiger partial charge on any atom is -0.497 e. The number of azide groups is 1. The Morgan fingerprint density at radius 1 is 0.706 bits per heavy atom. The molecule has 2 atom stereocenters. The van der Waals surface area contributed by atoms with Crippen LogP contribution in [0.15, 0.2) is 77.9 Å². The molecule has 10 nitrogen and oxygen atoms in total. The quantitative estimate of drug-likeness (QED) is 0.0526. The predicted octanol–water partition coefficient (Wildman–Crippen LogP) is 8.74. The normalized spacial score (nSPS) is 14.3. The first kappa shape index (κ1) is 39.0. The standard InChI is InChI=1S/C19H18FN3O3.C19H20FNO3.Pd/c1-25-13-6-8-17(20)15(10-13)14-7-5-12(19(24)26-2)9-16(14)18(22-23-21)11-3-4-11;1-23-13-6-8-17(20)15(10-13)14-7-5-12(19(22)24-2)9-16(14)18(21)11-3-4-11;/h5-11,18H,3-4H2,1-2H3;5-11,18H,3-4,21H2,1-2H3;. The number of nitrogens with zero attached hydrogens (tertiary/aromatic N) is 3. The molecule has 13 heteroatoms. The molecule has 0 saturated heterocycles. The summed E-state index contributed by atoms with van der Waals surface area (Å²) in [6.45, 7) is 0. The van der Waals surface area contributed by atoms with E-state index in [1.54, 1.807) is 54.6 Å². The van der Waals surface area contributed by atoms with Crippen molar-refractivity contribution in [2.75, 3.05) is 28.4 Å². The van der Waals surface area contributed by atoms with E-state index in [9.17, 15) is 18.4 Å². The van der Waals surface area contributed by atoms with E-state index in [1.165, 1.54) is 46.6 Å². The number of ether oxygens (including phenoxy) is 4. The van der Waals surface area contributed by atoms with E-state index in [2.05, 4.69) is 10.0 Å². The van der Waals surface area contributed by atoms with Gasteiger partial charge in [0, 0.05) is 42.5 Å². The van der Waals surface area contributed by atoms with E-state index in [4.69, 9.17) is 30.2 Å². The summed E-state index contributed by atoms with van der Waals surface area (Å²) in [5.74, 6) is -0.0856. The summed E-state index contributed by atoms with van der Waals surface area (Å²) in [7, 11) is 5.67. The molecule has 6 rings (SSSR count). The molecule has 51 heavy (non-hydrogen) atoms. The third kappa shape index (κ3) is 9.12. The SMILES string of the molecule is COC(=O)c1ccc(-c2cc(OC)ccc2F)c(C(N)C2CC2)c1.COC(=O)c1ccc(-c2cc(OC)ccc2F)c(C(N=[N+]=[N-])C2CC2)c1.[Pd]. The molecule has 2 fully saturated rings. The van der Waals surface area contributed by atoms with Crippen molar-refractivity contribution >= 4 is 11.9 Å². The summed E-state index contributed by atoms with van der Waals surface area (Å²) in [5.41, 5.74) is 19.4. The van der Waals surface area contributed by atoms with Crippen LogP contribution < -0.4 is 15.2 Å². The summed E-state index contributed by atoms with van der Waals surface area (Å²) >= 11 is 0. The van der Waals surface area contributed by atoms with E-state index in [0.29, 0.717) is 56.4 Å². The van der Waals surface area contributed by atoms with Gasteiger partial charge in [-0.25, -0.2) is 18.4 Å². The van der Waals surface area contributed by atoms with Gasteiger partial charge < -0.3 is 24.7 Å².